The first-order chi connectivity index (χ1) is 14.9. The average Bonchev–Trinajstić information content (AvgIpc) is 3.39. The van der Waals surface area contributed by atoms with E-state index in [1.54, 1.807) is 12.4 Å². The lowest BCUT2D eigenvalue weighted by atomic mass is 10.2. The number of hydrogen-bond donors (Lipinski definition) is 0. The summed E-state index contributed by atoms with van der Waals surface area (Å²) in [7, 11) is 0. The zero-order chi connectivity index (χ0) is 19.9. The maximum absolute atomic E-state index is 4.99. The molecule has 6 nitrogen and oxygen atoms in total. The molecule has 0 amide bonds. The van der Waals surface area contributed by atoms with Crippen molar-refractivity contribution in [3.05, 3.63) is 97.6 Å². The van der Waals surface area contributed by atoms with Crippen LogP contribution in [0.4, 0.5) is 0 Å². The Morgan fingerprint density at radius 1 is 0.500 bits per heavy atom. The van der Waals surface area contributed by atoms with Gasteiger partial charge in [0.25, 0.3) is 0 Å². The summed E-state index contributed by atoms with van der Waals surface area (Å²) in [4.78, 5) is 19.0. The van der Waals surface area contributed by atoms with Crippen LogP contribution in [0.15, 0.2) is 97.6 Å². The van der Waals surface area contributed by atoms with Crippen LogP contribution >= 0.6 is 0 Å². The standard InChI is InChI=1S/C24H16N6/c1-5-13-25-17(9-1)23-27-21(19-11-3-7-15-29(19)23)22-20-12-4-8-16-30(20)24(28-22)18-10-2-6-14-26-18/h1-16H. The van der Waals surface area contributed by atoms with Gasteiger partial charge in [0.1, 0.15) is 22.8 Å². The Kier molecular flexibility index (Phi) is 3.67. The Bertz CT molecular complexity index is 1370. The van der Waals surface area contributed by atoms with E-state index in [9.17, 15) is 0 Å². The molecule has 0 atom stereocenters. The lowest BCUT2D eigenvalue weighted by molar-refractivity contribution is 1.13. The van der Waals surface area contributed by atoms with Crippen LogP contribution in [0.3, 0.4) is 0 Å². The number of imidazole rings is 2. The molecule has 0 fully saturated rings. The highest BCUT2D eigenvalue weighted by Gasteiger charge is 2.21. The fraction of sp³-hybridized carbons (Fsp3) is 0. The van der Waals surface area contributed by atoms with Gasteiger partial charge >= 0.3 is 0 Å². The molecule has 6 aromatic heterocycles. The quantitative estimate of drug-likeness (QED) is 0.438. The number of hydrogen-bond acceptors (Lipinski definition) is 4. The van der Waals surface area contributed by atoms with Crippen LogP contribution in [-0.4, -0.2) is 28.7 Å². The van der Waals surface area contributed by atoms with Crippen LogP contribution in [0.1, 0.15) is 0 Å². The second-order valence-corrected chi connectivity index (χ2v) is 6.91. The molecule has 6 heteroatoms. The van der Waals surface area contributed by atoms with Crippen molar-refractivity contribution in [2.75, 3.05) is 0 Å². The molecule has 0 aliphatic rings. The molecule has 0 aliphatic carbocycles. The van der Waals surface area contributed by atoms with E-state index in [1.807, 2.05) is 73.1 Å². The highest BCUT2D eigenvalue weighted by atomic mass is 15.1. The minimum atomic E-state index is 0.790. The first kappa shape index (κ1) is 16.6. The number of aromatic nitrogens is 6. The van der Waals surface area contributed by atoms with Crippen LogP contribution in [0.5, 0.6) is 0 Å². The van der Waals surface area contributed by atoms with E-state index in [-0.39, 0.29) is 0 Å². The van der Waals surface area contributed by atoms with Crippen molar-refractivity contribution in [2.45, 2.75) is 0 Å². The SMILES string of the molecule is c1ccc(-c2nc(-c3nc(-c4ccccn4)n4ccccc34)c3ccccn23)nc1. The van der Waals surface area contributed by atoms with Gasteiger partial charge in [-0.2, -0.15) is 0 Å². The molecule has 0 bridgehead atoms. The van der Waals surface area contributed by atoms with Gasteiger partial charge in [0.2, 0.25) is 0 Å². The summed E-state index contributed by atoms with van der Waals surface area (Å²) in [6, 6.07) is 23.8. The van der Waals surface area contributed by atoms with E-state index < -0.39 is 0 Å². The summed E-state index contributed by atoms with van der Waals surface area (Å²) >= 11 is 0. The number of nitrogens with zero attached hydrogens (tertiary/aromatic N) is 6. The monoisotopic (exact) mass is 388 g/mol. The predicted octanol–water partition coefficient (Wildman–Crippen LogP) is 4.77. The van der Waals surface area contributed by atoms with Gasteiger partial charge in [0.05, 0.1) is 11.0 Å². The first-order valence-electron chi connectivity index (χ1n) is 9.67. The molecule has 0 radical (unpaired) electrons. The molecule has 0 spiro atoms. The van der Waals surface area contributed by atoms with Crippen LogP contribution in [0.25, 0.3) is 45.5 Å². The van der Waals surface area contributed by atoms with Crippen molar-refractivity contribution < 1.29 is 0 Å². The van der Waals surface area contributed by atoms with Crippen molar-refractivity contribution in [3.63, 3.8) is 0 Å². The zero-order valence-electron chi connectivity index (χ0n) is 15.9. The summed E-state index contributed by atoms with van der Waals surface area (Å²) in [6.07, 6.45) is 7.58. The molecule has 6 rings (SSSR count). The molecule has 0 aliphatic heterocycles. The lowest BCUT2D eigenvalue weighted by Gasteiger charge is -1.99. The van der Waals surface area contributed by atoms with Crippen molar-refractivity contribution in [1.29, 1.82) is 0 Å². The van der Waals surface area contributed by atoms with Crippen molar-refractivity contribution in [3.8, 4) is 34.4 Å². The molecular formula is C24H16N6. The number of pyridine rings is 4. The fourth-order valence-electron chi connectivity index (χ4n) is 3.78. The third kappa shape index (κ3) is 2.51. The highest BCUT2D eigenvalue weighted by Crippen LogP contribution is 2.33. The van der Waals surface area contributed by atoms with Gasteiger partial charge < -0.3 is 0 Å². The lowest BCUT2D eigenvalue weighted by Crippen LogP contribution is -1.90. The van der Waals surface area contributed by atoms with Crippen molar-refractivity contribution in [2.24, 2.45) is 0 Å². The smallest absolute Gasteiger partial charge is 0.164 e. The first-order valence-corrected chi connectivity index (χ1v) is 9.67. The van der Waals surface area contributed by atoms with E-state index in [1.165, 1.54) is 0 Å². The van der Waals surface area contributed by atoms with Gasteiger partial charge in [-0.05, 0) is 48.5 Å². The van der Waals surface area contributed by atoms with Gasteiger partial charge in [-0.1, -0.05) is 24.3 Å². The molecular weight excluding hydrogens is 372 g/mol. The van der Waals surface area contributed by atoms with Gasteiger partial charge in [0, 0.05) is 24.8 Å². The topological polar surface area (TPSA) is 60.4 Å². The third-order valence-corrected chi connectivity index (χ3v) is 5.11. The second-order valence-electron chi connectivity index (χ2n) is 6.91. The zero-order valence-corrected chi connectivity index (χ0v) is 15.9. The van der Waals surface area contributed by atoms with Crippen LogP contribution in [-0.2, 0) is 0 Å². The minimum absolute atomic E-state index is 0.790. The van der Waals surface area contributed by atoms with Crippen LogP contribution in [0, 0.1) is 0 Å². The molecule has 6 heterocycles. The maximum Gasteiger partial charge on any atom is 0.164 e. The van der Waals surface area contributed by atoms with Gasteiger partial charge in [0.15, 0.2) is 11.6 Å². The third-order valence-electron chi connectivity index (χ3n) is 5.11. The van der Waals surface area contributed by atoms with E-state index in [0.717, 1.165) is 45.5 Å². The molecule has 6 aromatic rings. The van der Waals surface area contributed by atoms with Gasteiger partial charge in [-0.25, -0.2) is 9.97 Å². The average molecular weight is 388 g/mol. The van der Waals surface area contributed by atoms with Gasteiger partial charge in [-0.15, -0.1) is 0 Å². The number of fused-ring (bicyclic) bond motifs is 2. The Morgan fingerprint density at radius 2 is 0.967 bits per heavy atom. The summed E-state index contributed by atoms with van der Waals surface area (Å²) in [6.45, 7) is 0. The fourth-order valence-corrected chi connectivity index (χ4v) is 3.78. The van der Waals surface area contributed by atoms with Crippen LogP contribution in [0.2, 0.25) is 0 Å². The molecule has 0 N–H and O–H groups in total. The van der Waals surface area contributed by atoms with E-state index in [2.05, 4.69) is 30.9 Å². The van der Waals surface area contributed by atoms with E-state index in [4.69, 9.17) is 9.97 Å². The Labute approximate surface area is 172 Å². The summed E-state index contributed by atoms with van der Waals surface area (Å²) in [5, 5.41) is 0. The molecule has 0 aromatic carbocycles. The summed E-state index contributed by atoms with van der Waals surface area (Å²) in [5.41, 5.74) is 5.24. The molecule has 30 heavy (non-hydrogen) atoms. The Hall–Kier alpha value is -4.32. The van der Waals surface area contributed by atoms with Crippen molar-refractivity contribution in [1.82, 2.24) is 28.7 Å². The molecule has 142 valence electrons. The predicted molar refractivity (Wildman–Crippen MR) is 116 cm³/mol. The number of rotatable bonds is 3. The minimum Gasteiger partial charge on any atom is -0.298 e. The molecule has 0 saturated heterocycles. The van der Waals surface area contributed by atoms with Crippen molar-refractivity contribution >= 4 is 11.0 Å². The van der Waals surface area contributed by atoms with Crippen LogP contribution < -0.4 is 0 Å². The summed E-state index contributed by atoms with van der Waals surface area (Å²) < 4.78 is 4.12. The maximum atomic E-state index is 4.99. The summed E-state index contributed by atoms with van der Waals surface area (Å²) in [5.74, 6) is 1.58. The van der Waals surface area contributed by atoms with E-state index >= 15 is 0 Å². The Balaban J connectivity index is 1.66. The molecule has 0 saturated carbocycles. The largest absolute Gasteiger partial charge is 0.298 e. The van der Waals surface area contributed by atoms with Gasteiger partial charge in [-0.3, -0.25) is 18.8 Å². The van der Waals surface area contributed by atoms with E-state index in [0.29, 0.717) is 0 Å². The normalized spacial score (nSPS) is 11.3. The second kappa shape index (κ2) is 6.63. The molecule has 0 unspecified atom stereocenters. The Morgan fingerprint density at radius 3 is 1.40 bits per heavy atom. The highest BCUT2D eigenvalue weighted by molar-refractivity contribution is 5.88.